The highest BCUT2D eigenvalue weighted by molar-refractivity contribution is 6.29. The maximum absolute atomic E-state index is 12.2. The molecular weight excluding hydrogens is 362 g/mol. The van der Waals surface area contributed by atoms with Gasteiger partial charge in [-0.1, -0.05) is 11.6 Å². The number of Topliss-reactive ketones (excluding diaryl/α,β-unsaturated/α-hetero) is 1. The number of hydrogen-bond acceptors (Lipinski definition) is 4. The van der Waals surface area contributed by atoms with Gasteiger partial charge in [0.2, 0.25) is 0 Å². The summed E-state index contributed by atoms with van der Waals surface area (Å²) in [6.45, 7) is 1.63. The molecule has 0 N–H and O–H groups in total. The van der Waals surface area contributed by atoms with Gasteiger partial charge in [0.1, 0.15) is 22.3 Å². The Bertz CT molecular complexity index is 794. The first kappa shape index (κ1) is 18.9. The van der Waals surface area contributed by atoms with Crippen molar-refractivity contribution in [3.8, 4) is 0 Å². The number of carbonyl (C=O) groups excluding carboxylic acids is 1. The van der Waals surface area contributed by atoms with Gasteiger partial charge < -0.3 is 9.30 Å². The molecule has 2 aromatic heterocycles. The zero-order valence-corrected chi connectivity index (χ0v) is 16.6. The van der Waals surface area contributed by atoms with E-state index in [4.69, 9.17) is 21.3 Å². The lowest BCUT2D eigenvalue weighted by atomic mass is 9.92. The highest BCUT2D eigenvalue weighted by atomic mass is 35.5. The number of ether oxygens (including phenoxy) is 1. The number of ketones is 1. The fraction of sp³-hybridized carbons (Fsp3) is 0.667. The molecule has 146 valence electrons. The summed E-state index contributed by atoms with van der Waals surface area (Å²) >= 11 is 6.11. The molecule has 1 saturated carbocycles. The lowest BCUT2D eigenvalue weighted by Crippen LogP contribution is -2.20. The van der Waals surface area contributed by atoms with Crippen LogP contribution in [-0.4, -0.2) is 33.5 Å². The molecule has 1 aliphatic heterocycles. The first-order valence-corrected chi connectivity index (χ1v) is 10.7. The van der Waals surface area contributed by atoms with Crippen molar-refractivity contribution in [2.45, 2.75) is 70.3 Å². The number of unbranched alkanes of at least 4 members (excludes halogenated alkanes) is 1. The summed E-state index contributed by atoms with van der Waals surface area (Å²) in [5.74, 6) is 2.04. The minimum atomic E-state index is 0.405. The third-order valence-corrected chi connectivity index (χ3v) is 6.19. The molecule has 2 fully saturated rings. The standard InChI is InChI=1S/C21H28ClN3O2/c22-19-9-8-18-21(24-19)25(16-4-3-5-16)20(23-18)7-2-1-6-17(26)14-15-10-12-27-13-11-15/h8-9,15-16H,1-7,10-14H2. The molecule has 2 aliphatic rings. The predicted octanol–water partition coefficient (Wildman–Crippen LogP) is 4.91. The molecule has 1 saturated heterocycles. The molecule has 5 nitrogen and oxygen atoms in total. The number of aryl methyl sites for hydroxylation is 1. The van der Waals surface area contributed by atoms with Crippen LogP contribution in [0.2, 0.25) is 5.15 Å². The largest absolute Gasteiger partial charge is 0.381 e. The molecular formula is C21H28ClN3O2. The van der Waals surface area contributed by atoms with Crippen LogP contribution in [0.25, 0.3) is 11.2 Å². The van der Waals surface area contributed by atoms with E-state index in [0.29, 0.717) is 29.3 Å². The fourth-order valence-corrected chi connectivity index (χ4v) is 4.33. The molecule has 27 heavy (non-hydrogen) atoms. The molecule has 0 aromatic carbocycles. The Morgan fingerprint density at radius 3 is 2.70 bits per heavy atom. The summed E-state index contributed by atoms with van der Waals surface area (Å²) in [6, 6.07) is 4.27. The lowest BCUT2D eigenvalue weighted by Gasteiger charge is -2.28. The smallest absolute Gasteiger partial charge is 0.161 e. The highest BCUT2D eigenvalue weighted by Crippen LogP contribution is 2.35. The number of rotatable bonds is 8. The second kappa shape index (κ2) is 8.70. The third-order valence-electron chi connectivity index (χ3n) is 5.98. The van der Waals surface area contributed by atoms with Crippen LogP contribution in [0.5, 0.6) is 0 Å². The Morgan fingerprint density at radius 2 is 1.96 bits per heavy atom. The van der Waals surface area contributed by atoms with Crippen molar-refractivity contribution in [3.63, 3.8) is 0 Å². The molecule has 0 radical (unpaired) electrons. The van der Waals surface area contributed by atoms with Gasteiger partial charge in [-0.3, -0.25) is 4.79 Å². The Labute approximate surface area is 165 Å². The van der Waals surface area contributed by atoms with Crippen LogP contribution in [0.15, 0.2) is 12.1 Å². The molecule has 0 spiro atoms. The summed E-state index contributed by atoms with van der Waals surface area (Å²) in [6.07, 6.45) is 9.96. The Morgan fingerprint density at radius 1 is 1.15 bits per heavy atom. The second-order valence-corrected chi connectivity index (χ2v) is 8.35. The zero-order valence-electron chi connectivity index (χ0n) is 15.8. The highest BCUT2D eigenvalue weighted by Gasteiger charge is 2.25. The van der Waals surface area contributed by atoms with Crippen LogP contribution >= 0.6 is 11.6 Å². The van der Waals surface area contributed by atoms with Crippen molar-refractivity contribution in [3.05, 3.63) is 23.1 Å². The predicted molar refractivity (Wildman–Crippen MR) is 106 cm³/mol. The maximum Gasteiger partial charge on any atom is 0.161 e. The molecule has 4 rings (SSSR count). The number of hydrogen-bond donors (Lipinski definition) is 0. The van der Waals surface area contributed by atoms with Crippen LogP contribution in [-0.2, 0) is 16.0 Å². The quantitative estimate of drug-likeness (QED) is 0.475. The maximum atomic E-state index is 12.2. The van der Waals surface area contributed by atoms with Crippen LogP contribution in [0.1, 0.15) is 69.7 Å². The Balaban J connectivity index is 1.32. The average molecular weight is 390 g/mol. The van der Waals surface area contributed by atoms with Crippen LogP contribution in [0.4, 0.5) is 0 Å². The molecule has 0 amide bonds. The van der Waals surface area contributed by atoms with E-state index in [0.717, 1.165) is 68.7 Å². The van der Waals surface area contributed by atoms with Crippen molar-refractivity contribution < 1.29 is 9.53 Å². The number of nitrogens with zero attached hydrogens (tertiary/aromatic N) is 3. The van der Waals surface area contributed by atoms with Gasteiger partial charge >= 0.3 is 0 Å². The van der Waals surface area contributed by atoms with E-state index >= 15 is 0 Å². The minimum Gasteiger partial charge on any atom is -0.381 e. The van der Waals surface area contributed by atoms with E-state index < -0.39 is 0 Å². The van der Waals surface area contributed by atoms with Gasteiger partial charge in [0, 0.05) is 38.5 Å². The van der Waals surface area contributed by atoms with Gasteiger partial charge in [-0.2, -0.15) is 0 Å². The van der Waals surface area contributed by atoms with Crippen molar-refractivity contribution in [1.29, 1.82) is 0 Å². The minimum absolute atomic E-state index is 0.405. The molecule has 0 bridgehead atoms. The van der Waals surface area contributed by atoms with Gasteiger partial charge in [-0.15, -0.1) is 0 Å². The van der Waals surface area contributed by atoms with E-state index in [1.165, 1.54) is 19.3 Å². The normalized spacial score (nSPS) is 18.7. The lowest BCUT2D eigenvalue weighted by molar-refractivity contribution is -0.120. The van der Waals surface area contributed by atoms with E-state index in [2.05, 4.69) is 9.55 Å². The van der Waals surface area contributed by atoms with Crippen molar-refractivity contribution in [1.82, 2.24) is 14.5 Å². The molecule has 6 heteroatoms. The van der Waals surface area contributed by atoms with Gasteiger partial charge in [-0.25, -0.2) is 9.97 Å². The number of imidazole rings is 1. The fourth-order valence-electron chi connectivity index (χ4n) is 4.18. The molecule has 2 aromatic rings. The first-order chi connectivity index (χ1) is 13.2. The molecule has 0 atom stereocenters. The van der Waals surface area contributed by atoms with E-state index in [1.807, 2.05) is 6.07 Å². The number of fused-ring (bicyclic) bond motifs is 1. The number of aromatic nitrogens is 3. The number of halogens is 1. The summed E-state index contributed by atoms with van der Waals surface area (Å²) < 4.78 is 7.67. The van der Waals surface area contributed by atoms with E-state index in [9.17, 15) is 4.79 Å². The van der Waals surface area contributed by atoms with Gasteiger partial charge in [0.25, 0.3) is 0 Å². The van der Waals surface area contributed by atoms with Crippen LogP contribution in [0.3, 0.4) is 0 Å². The van der Waals surface area contributed by atoms with Gasteiger partial charge in [0.05, 0.1) is 0 Å². The van der Waals surface area contributed by atoms with Crippen molar-refractivity contribution in [2.24, 2.45) is 5.92 Å². The topological polar surface area (TPSA) is 57.0 Å². The summed E-state index contributed by atoms with van der Waals surface area (Å²) in [4.78, 5) is 21.6. The SMILES string of the molecule is O=C(CCCCc1nc2ccc(Cl)nc2n1C1CCC1)CC1CCOCC1. The molecule has 1 aliphatic carbocycles. The number of pyridine rings is 1. The number of carbonyl (C=O) groups is 1. The Hall–Kier alpha value is -1.46. The van der Waals surface area contributed by atoms with Crippen molar-refractivity contribution >= 4 is 28.5 Å². The summed E-state index contributed by atoms with van der Waals surface area (Å²) in [5.41, 5.74) is 1.84. The average Bonchev–Trinajstić information content (AvgIpc) is 2.96. The first-order valence-electron chi connectivity index (χ1n) is 10.3. The van der Waals surface area contributed by atoms with Gasteiger partial charge in [-0.05, 0) is 63.0 Å². The Kier molecular flexibility index (Phi) is 6.08. The summed E-state index contributed by atoms with van der Waals surface area (Å²) in [5, 5.41) is 0.522. The van der Waals surface area contributed by atoms with Crippen molar-refractivity contribution in [2.75, 3.05) is 13.2 Å². The third kappa shape index (κ3) is 4.52. The summed E-state index contributed by atoms with van der Waals surface area (Å²) in [7, 11) is 0. The van der Waals surface area contributed by atoms with E-state index in [1.54, 1.807) is 6.07 Å². The molecule has 0 unspecified atom stereocenters. The van der Waals surface area contributed by atoms with Gasteiger partial charge in [0.15, 0.2) is 5.65 Å². The van der Waals surface area contributed by atoms with E-state index in [-0.39, 0.29) is 0 Å². The zero-order chi connectivity index (χ0) is 18.6. The van der Waals surface area contributed by atoms with Crippen LogP contribution < -0.4 is 0 Å². The molecule has 3 heterocycles. The monoisotopic (exact) mass is 389 g/mol. The second-order valence-electron chi connectivity index (χ2n) is 7.97. The van der Waals surface area contributed by atoms with Crippen LogP contribution in [0, 0.1) is 5.92 Å².